The number of fused-ring (bicyclic) bond motifs is 1. The van der Waals surface area contributed by atoms with Crippen molar-refractivity contribution in [2.24, 2.45) is 10.8 Å². The predicted molar refractivity (Wildman–Crippen MR) is 212 cm³/mol. The number of ether oxygens (including phenoxy) is 2. The summed E-state index contributed by atoms with van der Waals surface area (Å²) in [5.74, 6) is -4.11. The van der Waals surface area contributed by atoms with E-state index >= 15 is 8.78 Å². The number of benzene rings is 3. The molecule has 0 radical (unpaired) electrons. The molecule has 7 rings (SSSR count). The molecule has 1 atom stereocenters. The largest absolute Gasteiger partial charge is 0.494 e. The van der Waals surface area contributed by atoms with E-state index in [-0.39, 0.29) is 35.1 Å². The Morgan fingerprint density at radius 2 is 1.58 bits per heavy atom. The number of hydrogen-bond donors (Lipinski definition) is 2. The first-order chi connectivity index (χ1) is 28.0. The van der Waals surface area contributed by atoms with Crippen molar-refractivity contribution in [3.8, 4) is 17.6 Å². The third-order valence-electron chi connectivity index (χ3n) is 12.0. The first kappa shape index (κ1) is 41.6. The number of imide groups is 2. The molecule has 3 aromatic carbocycles. The summed E-state index contributed by atoms with van der Waals surface area (Å²) in [5, 5.41) is 14.5. The maximum absolute atomic E-state index is 15.5. The maximum Gasteiger partial charge on any atom is 0.262 e. The zero-order chi connectivity index (χ0) is 42.4. The van der Waals surface area contributed by atoms with Crippen molar-refractivity contribution in [2.45, 2.75) is 71.6 Å². The lowest BCUT2D eigenvalue weighted by atomic mass is 9.49. The summed E-state index contributed by atoms with van der Waals surface area (Å²) in [7, 11) is 0. The Kier molecular flexibility index (Phi) is 11.4. The molecule has 3 aromatic rings. The van der Waals surface area contributed by atoms with E-state index in [1.165, 1.54) is 24.3 Å². The van der Waals surface area contributed by atoms with Crippen molar-refractivity contribution in [2.75, 3.05) is 44.2 Å². The minimum Gasteiger partial charge on any atom is -0.494 e. The van der Waals surface area contributed by atoms with Gasteiger partial charge in [-0.1, -0.05) is 39.3 Å². The van der Waals surface area contributed by atoms with Crippen LogP contribution in [0, 0.1) is 33.8 Å². The highest BCUT2D eigenvalue weighted by Crippen LogP contribution is 2.55. The number of carbonyl (C=O) groups excluding carboxylic acids is 5. The average molecular weight is 831 g/mol. The second-order valence-corrected chi connectivity index (χ2v) is 17.0. The first-order valence-electron chi connectivity index (χ1n) is 19.6. The standard InChI is InChI=1S/C43H45ClF2N6O7/c1-42(2)40(43(3,4)41(42)59-27-8-7-24(23-47)30(44)22-27)49-37(55)35-31(45)19-25(20-32(35)46)51-16-14-50(15-17-51)13-5-6-18-58-26-9-10-28-29(21-26)39(57)52(38(28)56)33-11-12-34(53)48-36(33)54/h7-10,19-22,33,40-41H,5-6,11-18H2,1-4H3,(H,49,55)(H,48,53,54). The second-order valence-electron chi connectivity index (χ2n) is 16.6. The molecule has 16 heteroatoms. The molecule has 59 heavy (non-hydrogen) atoms. The summed E-state index contributed by atoms with van der Waals surface area (Å²) in [6.45, 7) is 11.2. The van der Waals surface area contributed by atoms with E-state index in [2.05, 4.69) is 15.5 Å². The quantitative estimate of drug-likeness (QED) is 0.177. The summed E-state index contributed by atoms with van der Waals surface area (Å²) in [6, 6.07) is 12.3. The lowest BCUT2D eigenvalue weighted by molar-refractivity contribution is -0.164. The molecule has 2 N–H and O–H groups in total. The molecule has 5 amide bonds. The van der Waals surface area contributed by atoms with Crippen LogP contribution in [0.15, 0.2) is 48.5 Å². The Hall–Kier alpha value is -5.59. The van der Waals surface area contributed by atoms with E-state index in [0.717, 1.165) is 17.9 Å². The highest BCUT2D eigenvalue weighted by Gasteiger charge is 2.64. The Morgan fingerprint density at radius 3 is 2.22 bits per heavy atom. The molecule has 1 aliphatic carbocycles. The summed E-state index contributed by atoms with van der Waals surface area (Å²) in [5.41, 5.74) is -0.845. The molecular weight excluding hydrogens is 786 g/mol. The van der Waals surface area contributed by atoms with Gasteiger partial charge in [0.05, 0.1) is 28.3 Å². The number of rotatable bonds is 12. The third kappa shape index (κ3) is 7.95. The average Bonchev–Trinajstić information content (AvgIpc) is 3.43. The van der Waals surface area contributed by atoms with Gasteiger partial charge in [-0.15, -0.1) is 0 Å². The summed E-state index contributed by atoms with van der Waals surface area (Å²) in [4.78, 5) is 68.4. The normalized spacial score (nSPS) is 22.3. The van der Waals surface area contributed by atoms with E-state index < -0.39 is 69.6 Å². The van der Waals surface area contributed by atoms with E-state index in [0.29, 0.717) is 62.0 Å². The highest BCUT2D eigenvalue weighted by atomic mass is 35.5. The molecule has 1 saturated carbocycles. The molecule has 310 valence electrons. The van der Waals surface area contributed by atoms with E-state index in [4.69, 9.17) is 21.1 Å². The van der Waals surface area contributed by atoms with Gasteiger partial charge in [-0.25, -0.2) is 8.78 Å². The lowest BCUT2D eigenvalue weighted by Gasteiger charge is -2.63. The minimum absolute atomic E-state index is 0.0439. The van der Waals surface area contributed by atoms with Crippen molar-refractivity contribution >= 4 is 46.8 Å². The molecule has 0 bridgehead atoms. The zero-order valence-electron chi connectivity index (χ0n) is 33.2. The van der Waals surface area contributed by atoms with E-state index in [9.17, 15) is 29.2 Å². The van der Waals surface area contributed by atoms with Crippen LogP contribution in [-0.2, 0) is 9.59 Å². The molecule has 1 unspecified atom stereocenters. The van der Waals surface area contributed by atoms with Gasteiger partial charge in [0.15, 0.2) is 0 Å². The number of nitriles is 1. The summed E-state index contributed by atoms with van der Waals surface area (Å²) >= 11 is 6.20. The summed E-state index contributed by atoms with van der Waals surface area (Å²) in [6.07, 6.45) is 1.26. The van der Waals surface area contributed by atoms with Crippen molar-refractivity contribution in [1.82, 2.24) is 20.4 Å². The van der Waals surface area contributed by atoms with E-state index in [1.54, 1.807) is 24.3 Å². The van der Waals surface area contributed by atoms with Gasteiger partial charge in [0.1, 0.15) is 46.9 Å². The van der Waals surface area contributed by atoms with Crippen molar-refractivity contribution < 1.29 is 42.2 Å². The number of hydrogen-bond acceptors (Lipinski definition) is 10. The number of nitrogens with zero attached hydrogens (tertiary/aromatic N) is 4. The second kappa shape index (κ2) is 16.2. The number of carbonyl (C=O) groups is 5. The maximum atomic E-state index is 15.5. The fraction of sp³-hybridized carbons (Fsp3) is 0.442. The fourth-order valence-electron chi connectivity index (χ4n) is 9.16. The molecule has 0 aromatic heterocycles. The lowest BCUT2D eigenvalue weighted by Crippen LogP contribution is -2.74. The molecule has 13 nitrogen and oxygen atoms in total. The molecule has 2 saturated heterocycles. The molecule has 4 aliphatic rings. The van der Waals surface area contributed by atoms with Crippen LogP contribution in [0.5, 0.6) is 11.5 Å². The van der Waals surface area contributed by atoms with Crippen LogP contribution < -0.4 is 25.0 Å². The zero-order valence-corrected chi connectivity index (χ0v) is 34.0. The Labute approximate surface area is 345 Å². The van der Waals surface area contributed by atoms with Crippen LogP contribution in [0.3, 0.4) is 0 Å². The van der Waals surface area contributed by atoms with E-state index in [1.807, 2.05) is 38.7 Å². The van der Waals surface area contributed by atoms with Gasteiger partial charge in [-0.2, -0.15) is 5.26 Å². The van der Waals surface area contributed by atoms with Gasteiger partial charge in [0, 0.05) is 61.2 Å². The van der Waals surface area contributed by atoms with Crippen molar-refractivity contribution in [3.63, 3.8) is 0 Å². The Bertz CT molecular complexity index is 2230. The highest BCUT2D eigenvalue weighted by molar-refractivity contribution is 6.31. The van der Waals surface area contributed by atoms with Crippen LogP contribution in [0.2, 0.25) is 5.02 Å². The Balaban J connectivity index is 0.860. The summed E-state index contributed by atoms with van der Waals surface area (Å²) < 4.78 is 43.2. The number of piperidine rings is 1. The van der Waals surface area contributed by atoms with Crippen LogP contribution in [0.25, 0.3) is 0 Å². The van der Waals surface area contributed by atoms with Crippen molar-refractivity contribution in [3.05, 3.63) is 87.4 Å². The number of halogens is 3. The number of piperazine rings is 1. The van der Waals surface area contributed by atoms with Gasteiger partial charge in [-0.05, 0) is 68.3 Å². The van der Waals surface area contributed by atoms with Gasteiger partial charge in [0.25, 0.3) is 17.7 Å². The molecule has 3 heterocycles. The SMILES string of the molecule is CC1(C)C(NC(=O)c2c(F)cc(N3CCN(CCCCOc4ccc5c(c4)C(=O)N(C4CCC(=O)NC4=O)C5=O)CC3)cc2F)C(C)(C)C1Oc1ccc(C#N)c(Cl)c1. The predicted octanol–water partition coefficient (Wildman–Crippen LogP) is 5.48. The molecule has 3 fully saturated rings. The van der Waals surface area contributed by atoms with Crippen LogP contribution >= 0.6 is 11.6 Å². The van der Waals surface area contributed by atoms with Crippen molar-refractivity contribution in [1.29, 1.82) is 5.26 Å². The van der Waals surface area contributed by atoms with Crippen LogP contribution in [-0.4, -0.2) is 96.9 Å². The van der Waals surface area contributed by atoms with Crippen LogP contribution in [0.1, 0.15) is 90.0 Å². The molecule has 3 aliphatic heterocycles. The number of anilines is 1. The van der Waals surface area contributed by atoms with Gasteiger partial charge < -0.3 is 19.7 Å². The fourth-order valence-corrected chi connectivity index (χ4v) is 9.37. The minimum atomic E-state index is -1.04. The molecule has 0 spiro atoms. The third-order valence-corrected chi connectivity index (χ3v) is 12.3. The number of unbranched alkanes of at least 4 members (excludes halogenated alkanes) is 1. The van der Waals surface area contributed by atoms with Gasteiger partial charge in [-0.3, -0.25) is 39.1 Å². The number of nitrogens with one attached hydrogen (secondary N) is 2. The smallest absolute Gasteiger partial charge is 0.262 e. The van der Waals surface area contributed by atoms with Gasteiger partial charge >= 0.3 is 0 Å². The number of amides is 5. The topological polar surface area (TPSA) is 161 Å². The molecular formula is C43H45ClF2N6O7. The van der Waals surface area contributed by atoms with Gasteiger partial charge in [0.2, 0.25) is 11.8 Å². The first-order valence-corrected chi connectivity index (χ1v) is 20.0. The van der Waals surface area contributed by atoms with Crippen LogP contribution in [0.4, 0.5) is 14.5 Å². The Morgan fingerprint density at radius 1 is 0.915 bits per heavy atom. The monoisotopic (exact) mass is 830 g/mol.